The van der Waals surface area contributed by atoms with Gasteiger partial charge in [-0.1, -0.05) is 152 Å². The molecule has 0 saturated carbocycles. The number of nitrogens with zero attached hydrogens (tertiary/aromatic N) is 2. The highest BCUT2D eigenvalue weighted by molar-refractivity contribution is 6.10. The standard InChI is InChI=1S/C52H40N2/c1-35-14-7-10-21-46(35)49-33-43(26-30-47(49)40-17-8-9-18-40)39-24-28-45(29-25-39)54-51-23-12-11-22-48(51)50-34-44(27-31-52(50)54)42-20-13-19-41(32-42)37(3)53-36(2)38-15-5-4-6-16-38/h4-34,40H,3H2,1-2H3. The second-order valence-electron chi connectivity index (χ2n) is 14.1. The summed E-state index contributed by atoms with van der Waals surface area (Å²) in [5, 5.41) is 2.46. The molecule has 0 fully saturated rings. The minimum Gasteiger partial charge on any atom is -0.309 e. The Balaban J connectivity index is 1.07. The van der Waals surface area contributed by atoms with E-state index in [1.54, 1.807) is 0 Å². The first-order valence-corrected chi connectivity index (χ1v) is 18.6. The van der Waals surface area contributed by atoms with Gasteiger partial charge >= 0.3 is 0 Å². The van der Waals surface area contributed by atoms with Crippen molar-refractivity contribution in [3.8, 4) is 39.1 Å². The molecule has 258 valence electrons. The Hall–Kier alpha value is -6.77. The van der Waals surface area contributed by atoms with Gasteiger partial charge in [-0.3, -0.25) is 4.99 Å². The number of aromatic nitrogens is 1. The van der Waals surface area contributed by atoms with Gasteiger partial charge in [0.15, 0.2) is 0 Å². The number of aryl methyl sites for hydroxylation is 1. The topological polar surface area (TPSA) is 17.3 Å². The van der Waals surface area contributed by atoms with Gasteiger partial charge in [0.1, 0.15) is 0 Å². The van der Waals surface area contributed by atoms with Crippen LogP contribution in [0.25, 0.3) is 66.6 Å². The summed E-state index contributed by atoms with van der Waals surface area (Å²) in [6, 6.07) is 59.0. The number of para-hydroxylation sites is 1. The molecule has 0 N–H and O–H groups in total. The maximum Gasteiger partial charge on any atom is 0.0633 e. The molecule has 2 heteroatoms. The molecule has 0 bridgehead atoms. The van der Waals surface area contributed by atoms with E-state index in [2.05, 4.69) is 188 Å². The van der Waals surface area contributed by atoms with Gasteiger partial charge in [-0.05, 0) is 106 Å². The molecule has 2 nitrogen and oxygen atoms in total. The van der Waals surface area contributed by atoms with Gasteiger partial charge in [-0.2, -0.15) is 0 Å². The number of benzene rings is 7. The van der Waals surface area contributed by atoms with Gasteiger partial charge in [-0.15, -0.1) is 0 Å². The predicted molar refractivity (Wildman–Crippen MR) is 231 cm³/mol. The fraction of sp³-hybridized carbons (Fsp3) is 0.0577. The molecule has 0 atom stereocenters. The van der Waals surface area contributed by atoms with Crippen molar-refractivity contribution in [3.63, 3.8) is 0 Å². The average Bonchev–Trinajstić information content (AvgIpc) is 3.88. The average molecular weight is 693 g/mol. The monoisotopic (exact) mass is 692 g/mol. The third-order valence-electron chi connectivity index (χ3n) is 10.8. The molecule has 0 aliphatic heterocycles. The highest BCUT2D eigenvalue weighted by Gasteiger charge is 2.17. The number of hydrogen-bond acceptors (Lipinski definition) is 1. The van der Waals surface area contributed by atoms with E-state index in [9.17, 15) is 0 Å². The molecular formula is C52H40N2. The van der Waals surface area contributed by atoms with Crippen LogP contribution in [0.2, 0.25) is 0 Å². The highest BCUT2D eigenvalue weighted by atomic mass is 15.0. The second kappa shape index (κ2) is 14.0. The van der Waals surface area contributed by atoms with E-state index < -0.39 is 0 Å². The van der Waals surface area contributed by atoms with Crippen molar-refractivity contribution < 1.29 is 0 Å². The van der Waals surface area contributed by atoms with Crippen molar-refractivity contribution in [2.75, 3.05) is 0 Å². The molecule has 1 aliphatic rings. The number of allylic oxidation sites excluding steroid dienone is 4. The van der Waals surface area contributed by atoms with E-state index in [-0.39, 0.29) is 0 Å². The van der Waals surface area contributed by atoms with E-state index in [1.165, 1.54) is 55.2 Å². The van der Waals surface area contributed by atoms with Crippen LogP contribution in [-0.4, -0.2) is 10.3 Å². The molecule has 1 heterocycles. The van der Waals surface area contributed by atoms with Crippen molar-refractivity contribution in [3.05, 3.63) is 217 Å². The molecule has 9 rings (SSSR count). The van der Waals surface area contributed by atoms with Gasteiger partial charge < -0.3 is 4.57 Å². The lowest BCUT2D eigenvalue weighted by Crippen LogP contribution is -1.97. The Labute approximate surface area is 317 Å². The lowest BCUT2D eigenvalue weighted by molar-refractivity contribution is 1.11. The van der Waals surface area contributed by atoms with Gasteiger partial charge in [0.05, 0.1) is 16.7 Å². The van der Waals surface area contributed by atoms with E-state index in [0.29, 0.717) is 5.92 Å². The Kier molecular flexibility index (Phi) is 8.57. The molecule has 0 saturated heterocycles. The summed E-state index contributed by atoms with van der Waals surface area (Å²) in [6.45, 7) is 8.56. The zero-order valence-electron chi connectivity index (χ0n) is 30.6. The molecule has 54 heavy (non-hydrogen) atoms. The van der Waals surface area contributed by atoms with E-state index in [0.717, 1.165) is 39.3 Å². The third kappa shape index (κ3) is 6.12. The molecule has 8 aromatic rings. The van der Waals surface area contributed by atoms with Gasteiger partial charge in [0, 0.05) is 33.7 Å². The Morgan fingerprint density at radius 3 is 2.00 bits per heavy atom. The van der Waals surface area contributed by atoms with Crippen LogP contribution in [0.1, 0.15) is 35.1 Å². The summed E-state index contributed by atoms with van der Waals surface area (Å²) < 4.78 is 2.39. The van der Waals surface area contributed by atoms with Crippen LogP contribution in [0.4, 0.5) is 0 Å². The summed E-state index contributed by atoms with van der Waals surface area (Å²) in [5.41, 5.74) is 17.2. The Morgan fingerprint density at radius 1 is 0.537 bits per heavy atom. The fourth-order valence-electron chi connectivity index (χ4n) is 7.90. The lowest BCUT2D eigenvalue weighted by atomic mass is 9.87. The summed E-state index contributed by atoms with van der Waals surface area (Å²) in [4.78, 5) is 4.86. The minimum atomic E-state index is 0.290. The molecule has 0 unspecified atom stereocenters. The summed E-state index contributed by atoms with van der Waals surface area (Å²) in [7, 11) is 0. The van der Waals surface area contributed by atoms with Gasteiger partial charge in [0.25, 0.3) is 0 Å². The molecule has 1 aliphatic carbocycles. The maximum absolute atomic E-state index is 4.86. The first kappa shape index (κ1) is 33.1. The van der Waals surface area contributed by atoms with Crippen LogP contribution in [0, 0.1) is 6.92 Å². The zero-order valence-corrected chi connectivity index (χ0v) is 30.6. The van der Waals surface area contributed by atoms with Gasteiger partial charge in [-0.25, -0.2) is 0 Å². The SMILES string of the molecule is C=C(N=C(C)c1ccccc1)c1cccc(-c2ccc3c(c2)c2ccccc2n3-c2ccc(-c3ccc(C4C=CC=C4)c(-c4ccccc4C)c3)cc2)c1. The molecule has 0 spiro atoms. The van der Waals surface area contributed by atoms with E-state index >= 15 is 0 Å². The quantitative estimate of drug-likeness (QED) is 0.141. The van der Waals surface area contributed by atoms with Crippen LogP contribution < -0.4 is 0 Å². The normalized spacial score (nSPS) is 13.0. The Bertz CT molecular complexity index is 2780. The number of aliphatic imine (C=N–C) groups is 1. The fourth-order valence-corrected chi connectivity index (χ4v) is 7.90. The number of rotatable bonds is 8. The van der Waals surface area contributed by atoms with Crippen LogP contribution in [-0.2, 0) is 0 Å². The summed E-state index contributed by atoms with van der Waals surface area (Å²) in [5.74, 6) is 0.290. The summed E-state index contributed by atoms with van der Waals surface area (Å²) in [6.07, 6.45) is 8.85. The molecular weight excluding hydrogens is 653 g/mol. The van der Waals surface area contributed by atoms with Crippen molar-refractivity contribution in [1.29, 1.82) is 0 Å². The van der Waals surface area contributed by atoms with Gasteiger partial charge in [0.2, 0.25) is 0 Å². The maximum atomic E-state index is 4.86. The predicted octanol–water partition coefficient (Wildman–Crippen LogP) is 13.8. The van der Waals surface area contributed by atoms with E-state index in [4.69, 9.17) is 4.99 Å². The molecule has 0 radical (unpaired) electrons. The third-order valence-corrected chi connectivity index (χ3v) is 10.8. The Morgan fingerprint density at radius 2 is 1.19 bits per heavy atom. The highest BCUT2D eigenvalue weighted by Crippen LogP contribution is 2.39. The van der Waals surface area contributed by atoms with Crippen molar-refractivity contribution in [2.24, 2.45) is 4.99 Å². The summed E-state index contributed by atoms with van der Waals surface area (Å²) >= 11 is 0. The smallest absolute Gasteiger partial charge is 0.0633 e. The first-order chi connectivity index (χ1) is 26.5. The minimum absolute atomic E-state index is 0.290. The second-order valence-corrected chi connectivity index (χ2v) is 14.1. The van der Waals surface area contributed by atoms with E-state index in [1.807, 2.05) is 25.1 Å². The largest absolute Gasteiger partial charge is 0.309 e. The van der Waals surface area contributed by atoms with Crippen molar-refractivity contribution in [1.82, 2.24) is 4.57 Å². The van der Waals surface area contributed by atoms with Crippen molar-refractivity contribution in [2.45, 2.75) is 19.8 Å². The van der Waals surface area contributed by atoms with Crippen LogP contribution >= 0.6 is 0 Å². The molecule has 0 amide bonds. The van der Waals surface area contributed by atoms with Crippen LogP contribution in [0.3, 0.4) is 0 Å². The number of hydrogen-bond donors (Lipinski definition) is 0. The zero-order chi connectivity index (χ0) is 36.6. The first-order valence-electron chi connectivity index (χ1n) is 18.6. The molecule has 1 aromatic heterocycles. The molecule has 7 aromatic carbocycles. The van der Waals surface area contributed by atoms with Crippen molar-refractivity contribution >= 4 is 33.2 Å². The lowest BCUT2D eigenvalue weighted by Gasteiger charge is -2.17. The van der Waals surface area contributed by atoms with Crippen LogP contribution in [0.5, 0.6) is 0 Å². The van der Waals surface area contributed by atoms with Crippen LogP contribution in [0.15, 0.2) is 200 Å². The number of fused-ring (bicyclic) bond motifs is 3.